The van der Waals surface area contributed by atoms with Crippen molar-refractivity contribution in [3.8, 4) is 0 Å². The van der Waals surface area contributed by atoms with Crippen molar-refractivity contribution in [1.82, 2.24) is 0 Å². The van der Waals surface area contributed by atoms with Gasteiger partial charge in [-0.05, 0) is 0 Å². The van der Waals surface area contributed by atoms with E-state index in [2.05, 4.69) is 0 Å². The zero-order valence-corrected chi connectivity index (χ0v) is 11.6. The summed E-state index contributed by atoms with van der Waals surface area (Å²) in [7, 11) is 0. The fourth-order valence-corrected chi connectivity index (χ4v) is 5.69. The van der Waals surface area contributed by atoms with Crippen LogP contribution in [0.5, 0.6) is 0 Å². The molecule has 0 bridgehead atoms. The molecule has 0 saturated carbocycles. The Kier molecular flexibility index (Phi) is 3.89. The first kappa shape index (κ1) is 13.4. The first-order valence-corrected chi connectivity index (χ1v) is 8.10. The van der Waals surface area contributed by atoms with Crippen molar-refractivity contribution in [2.75, 3.05) is 0 Å². The predicted octanol–water partition coefficient (Wildman–Crippen LogP) is 2.49. The van der Waals surface area contributed by atoms with Gasteiger partial charge in [0.25, 0.3) is 0 Å². The summed E-state index contributed by atoms with van der Waals surface area (Å²) in [5.41, 5.74) is 0. The summed E-state index contributed by atoms with van der Waals surface area (Å²) in [5, 5.41) is 0. The van der Waals surface area contributed by atoms with Crippen molar-refractivity contribution in [2.45, 2.75) is 59.9 Å². The summed E-state index contributed by atoms with van der Waals surface area (Å²) in [5.74, 6) is 0. The van der Waals surface area contributed by atoms with E-state index in [9.17, 15) is 0 Å². The van der Waals surface area contributed by atoms with Gasteiger partial charge >= 0.3 is 93.1 Å². The Morgan fingerprint density at radius 3 is 1.07 bits per heavy atom. The molecule has 5 nitrogen and oxygen atoms in total. The minimum absolute atomic E-state index is 0.0593. The molecule has 0 aromatic rings. The van der Waals surface area contributed by atoms with Crippen molar-refractivity contribution in [3.05, 3.63) is 0 Å². The Labute approximate surface area is 93.5 Å². The van der Waals surface area contributed by atoms with Gasteiger partial charge in [0.1, 0.15) is 0 Å². The average Bonchev–Trinajstić information content (AvgIpc) is 2.58. The summed E-state index contributed by atoms with van der Waals surface area (Å²) in [6, 6.07) is 0. The molecule has 1 heterocycles. The Morgan fingerprint density at radius 1 is 0.667 bits per heavy atom. The van der Waals surface area contributed by atoms with Gasteiger partial charge in [0.2, 0.25) is 0 Å². The van der Waals surface area contributed by atoms with E-state index in [1.165, 1.54) is 0 Å². The summed E-state index contributed by atoms with van der Waals surface area (Å²) < 4.78 is 27.0. The summed E-state index contributed by atoms with van der Waals surface area (Å²) >= 11 is -4.24. The molecule has 0 aliphatic carbocycles. The van der Waals surface area contributed by atoms with Gasteiger partial charge in [0.05, 0.1) is 0 Å². The molecule has 0 atom stereocenters. The molecule has 0 amide bonds. The Balaban J connectivity index is 2.75. The Bertz CT molecular complexity index is 191. The monoisotopic (exact) mass is 260 g/mol. The molecular formula is C9H21O5V. The second kappa shape index (κ2) is 4.33. The second-order valence-corrected chi connectivity index (χ2v) is 8.14. The van der Waals surface area contributed by atoms with Gasteiger partial charge in [0, 0.05) is 0 Å². The zero-order valence-electron chi connectivity index (χ0n) is 10.2. The van der Waals surface area contributed by atoms with Gasteiger partial charge in [-0.25, -0.2) is 0 Å². The van der Waals surface area contributed by atoms with Crippen molar-refractivity contribution in [3.63, 3.8) is 0 Å². The standard InChI is InChI=1S/3C3H7O.O2.V/c3*1-3(2)4;1-2;/h3*3H,1-2H3;;/q3*-1;-2;+5. The van der Waals surface area contributed by atoms with Crippen molar-refractivity contribution >= 4 is 0 Å². The second-order valence-electron chi connectivity index (χ2n) is 4.36. The van der Waals surface area contributed by atoms with Gasteiger partial charge in [-0.1, -0.05) is 0 Å². The third kappa shape index (κ3) is 3.42. The van der Waals surface area contributed by atoms with E-state index in [0.29, 0.717) is 0 Å². The van der Waals surface area contributed by atoms with E-state index < -0.39 is 14.6 Å². The van der Waals surface area contributed by atoms with Gasteiger partial charge in [-0.3, -0.25) is 0 Å². The molecule has 0 radical (unpaired) electrons. The minimum atomic E-state index is -4.24. The molecule has 6 heteroatoms. The Morgan fingerprint density at radius 2 is 0.933 bits per heavy atom. The number of hydrogen-bond acceptors (Lipinski definition) is 5. The molecule has 0 unspecified atom stereocenters. The Hall–Kier alpha value is 0.384. The number of rotatable bonds is 6. The van der Waals surface area contributed by atoms with Crippen molar-refractivity contribution in [2.24, 2.45) is 0 Å². The molecule has 1 aliphatic rings. The topological polar surface area (TPSA) is 52.8 Å². The SMILES string of the molecule is CC(C)[O][V]1([O]C(C)C)([O]C(C)C)[O][O]1. The molecule has 0 N–H and O–H groups in total. The zero-order chi connectivity index (χ0) is 11.7. The van der Waals surface area contributed by atoms with Crippen LogP contribution >= 0.6 is 0 Å². The molecular weight excluding hydrogens is 239 g/mol. The third-order valence-corrected chi connectivity index (χ3v) is 5.80. The van der Waals surface area contributed by atoms with Crippen LogP contribution in [0.4, 0.5) is 0 Å². The van der Waals surface area contributed by atoms with Crippen LogP contribution in [0.3, 0.4) is 0 Å². The van der Waals surface area contributed by atoms with E-state index in [1.807, 2.05) is 41.5 Å². The van der Waals surface area contributed by atoms with Gasteiger partial charge in [-0.15, -0.1) is 0 Å². The predicted molar refractivity (Wildman–Crippen MR) is 50.8 cm³/mol. The van der Waals surface area contributed by atoms with Crippen molar-refractivity contribution < 1.29 is 33.3 Å². The first-order chi connectivity index (χ1) is 6.77. The molecule has 1 rings (SSSR count). The van der Waals surface area contributed by atoms with Crippen LogP contribution in [0.25, 0.3) is 0 Å². The molecule has 0 aromatic heterocycles. The molecule has 0 aromatic carbocycles. The fraction of sp³-hybridized carbons (Fsp3) is 1.00. The van der Waals surface area contributed by atoms with Crippen LogP contribution in [0, 0.1) is 0 Å². The molecule has 15 heavy (non-hydrogen) atoms. The van der Waals surface area contributed by atoms with E-state index in [0.717, 1.165) is 0 Å². The number of hydrogen-bond donors (Lipinski definition) is 0. The molecule has 1 aliphatic heterocycles. The first-order valence-electron chi connectivity index (χ1n) is 5.25. The normalized spacial score (nSPS) is 25.5. The maximum absolute atomic E-state index is 5.65. The van der Waals surface area contributed by atoms with E-state index in [-0.39, 0.29) is 18.3 Å². The molecule has 0 spiro atoms. The average molecular weight is 260 g/mol. The molecule has 1 saturated heterocycles. The third-order valence-electron chi connectivity index (χ3n) is 1.41. The van der Waals surface area contributed by atoms with Crippen LogP contribution in [-0.4, -0.2) is 18.3 Å². The van der Waals surface area contributed by atoms with E-state index in [4.69, 9.17) is 18.6 Å². The van der Waals surface area contributed by atoms with Crippen molar-refractivity contribution in [1.29, 1.82) is 0 Å². The van der Waals surface area contributed by atoms with Gasteiger partial charge in [0.15, 0.2) is 0 Å². The summed E-state index contributed by atoms with van der Waals surface area (Å²) in [6.07, 6.45) is -0.178. The van der Waals surface area contributed by atoms with Crippen LogP contribution in [0.1, 0.15) is 41.5 Å². The van der Waals surface area contributed by atoms with Crippen LogP contribution in [-0.2, 0) is 33.3 Å². The fourth-order valence-electron chi connectivity index (χ4n) is 1.25. The van der Waals surface area contributed by atoms with Gasteiger partial charge < -0.3 is 0 Å². The molecule has 1 fully saturated rings. The maximum atomic E-state index is 5.65. The molecule has 92 valence electrons. The van der Waals surface area contributed by atoms with Crippen LogP contribution in [0.2, 0.25) is 0 Å². The quantitative estimate of drug-likeness (QED) is 0.542. The summed E-state index contributed by atoms with van der Waals surface area (Å²) in [6.45, 7) is 11.4. The van der Waals surface area contributed by atoms with Crippen LogP contribution in [0.15, 0.2) is 0 Å². The van der Waals surface area contributed by atoms with E-state index >= 15 is 0 Å². The summed E-state index contributed by atoms with van der Waals surface area (Å²) in [4.78, 5) is 0. The van der Waals surface area contributed by atoms with Crippen LogP contribution < -0.4 is 0 Å². The van der Waals surface area contributed by atoms with Gasteiger partial charge in [-0.2, -0.15) is 0 Å². The van der Waals surface area contributed by atoms with E-state index in [1.54, 1.807) is 0 Å².